The van der Waals surface area contributed by atoms with Gasteiger partial charge in [0.15, 0.2) is 0 Å². The highest BCUT2D eigenvalue weighted by Crippen LogP contribution is 2.32. The average Bonchev–Trinajstić information content (AvgIpc) is 3.02. The average molecular weight is 273 g/mol. The van der Waals surface area contributed by atoms with Crippen molar-refractivity contribution in [3.05, 3.63) is 23.9 Å². The maximum Gasteiger partial charge on any atom is 0.128 e. The van der Waals surface area contributed by atoms with Crippen LogP contribution in [0.4, 0.5) is 5.82 Å². The molecule has 3 rings (SSSR count). The van der Waals surface area contributed by atoms with Crippen LogP contribution in [-0.2, 0) is 0 Å². The van der Waals surface area contributed by atoms with E-state index in [0.717, 1.165) is 5.82 Å². The Morgan fingerprint density at radius 3 is 2.45 bits per heavy atom. The van der Waals surface area contributed by atoms with E-state index in [2.05, 4.69) is 42.0 Å². The maximum atomic E-state index is 4.73. The van der Waals surface area contributed by atoms with E-state index in [1.54, 1.807) is 0 Å². The fraction of sp³-hybridized carbons (Fsp3) is 0.706. The van der Waals surface area contributed by atoms with Crippen LogP contribution in [0.1, 0.15) is 57.6 Å². The van der Waals surface area contributed by atoms with E-state index in [-0.39, 0.29) is 0 Å². The highest BCUT2D eigenvalue weighted by Gasteiger charge is 2.26. The Labute approximate surface area is 123 Å². The summed E-state index contributed by atoms with van der Waals surface area (Å²) >= 11 is 0. The number of nitrogens with zero attached hydrogens (tertiary/aromatic N) is 3. The summed E-state index contributed by atoms with van der Waals surface area (Å²) in [4.78, 5) is 9.77. The first-order chi connectivity index (χ1) is 9.75. The molecule has 0 saturated carbocycles. The number of likely N-dealkylation sites (tertiary alicyclic amines) is 1. The fourth-order valence-corrected chi connectivity index (χ4v) is 3.66. The van der Waals surface area contributed by atoms with Crippen molar-refractivity contribution in [2.24, 2.45) is 0 Å². The first-order valence-corrected chi connectivity index (χ1v) is 8.22. The van der Waals surface area contributed by atoms with E-state index < -0.39 is 0 Å². The van der Waals surface area contributed by atoms with Gasteiger partial charge in [-0.3, -0.25) is 4.90 Å². The second-order valence-electron chi connectivity index (χ2n) is 6.49. The normalized spacial score (nSPS) is 24.6. The molecule has 0 unspecified atom stereocenters. The van der Waals surface area contributed by atoms with Crippen molar-refractivity contribution in [1.82, 2.24) is 9.88 Å². The van der Waals surface area contributed by atoms with E-state index in [1.807, 2.05) is 0 Å². The Morgan fingerprint density at radius 1 is 1.05 bits per heavy atom. The third-order valence-electron chi connectivity index (χ3n) is 4.79. The molecule has 2 aliphatic heterocycles. The van der Waals surface area contributed by atoms with Crippen LogP contribution in [0.25, 0.3) is 0 Å². The minimum Gasteiger partial charge on any atom is -0.357 e. The van der Waals surface area contributed by atoms with Crippen molar-refractivity contribution in [3.8, 4) is 0 Å². The zero-order valence-corrected chi connectivity index (χ0v) is 12.9. The van der Waals surface area contributed by atoms with E-state index in [0.29, 0.717) is 12.1 Å². The van der Waals surface area contributed by atoms with Crippen molar-refractivity contribution in [2.75, 3.05) is 24.5 Å². The lowest BCUT2D eigenvalue weighted by Gasteiger charge is -2.38. The van der Waals surface area contributed by atoms with Gasteiger partial charge in [-0.2, -0.15) is 0 Å². The topological polar surface area (TPSA) is 19.4 Å². The van der Waals surface area contributed by atoms with E-state index in [9.17, 15) is 0 Å². The molecule has 20 heavy (non-hydrogen) atoms. The van der Waals surface area contributed by atoms with E-state index >= 15 is 0 Å². The van der Waals surface area contributed by atoms with Gasteiger partial charge in [0.2, 0.25) is 0 Å². The van der Waals surface area contributed by atoms with Crippen molar-refractivity contribution >= 4 is 5.82 Å². The molecule has 1 aromatic rings. The number of aromatic nitrogens is 1. The van der Waals surface area contributed by atoms with Crippen LogP contribution in [0, 0.1) is 0 Å². The summed E-state index contributed by atoms with van der Waals surface area (Å²) in [7, 11) is 0. The molecule has 0 N–H and O–H groups in total. The summed E-state index contributed by atoms with van der Waals surface area (Å²) in [6.45, 7) is 8.20. The molecular weight excluding hydrogens is 246 g/mol. The van der Waals surface area contributed by atoms with Crippen LogP contribution in [0.5, 0.6) is 0 Å². The quantitative estimate of drug-likeness (QED) is 0.838. The van der Waals surface area contributed by atoms with Crippen molar-refractivity contribution in [2.45, 2.75) is 58.0 Å². The summed E-state index contributed by atoms with van der Waals surface area (Å²) in [6, 6.07) is 5.74. The highest BCUT2D eigenvalue weighted by molar-refractivity contribution is 5.40. The van der Waals surface area contributed by atoms with Gasteiger partial charge in [-0.1, -0.05) is 12.5 Å². The van der Waals surface area contributed by atoms with Gasteiger partial charge in [-0.15, -0.1) is 0 Å². The molecule has 110 valence electrons. The highest BCUT2D eigenvalue weighted by atomic mass is 15.2. The summed E-state index contributed by atoms with van der Waals surface area (Å²) < 4.78 is 0. The van der Waals surface area contributed by atoms with Gasteiger partial charge in [0.1, 0.15) is 5.82 Å². The van der Waals surface area contributed by atoms with E-state index in [4.69, 9.17) is 4.98 Å². The predicted octanol–water partition coefficient (Wildman–Crippen LogP) is 3.62. The van der Waals surface area contributed by atoms with Gasteiger partial charge >= 0.3 is 0 Å². The van der Waals surface area contributed by atoms with Crippen molar-refractivity contribution < 1.29 is 0 Å². The largest absolute Gasteiger partial charge is 0.357 e. The van der Waals surface area contributed by atoms with Crippen LogP contribution in [0.3, 0.4) is 0 Å². The summed E-state index contributed by atoms with van der Waals surface area (Å²) in [6.07, 6.45) is 8.72. The van der Waals surface area contributed by atoms with Crippen molar-refractivity contribution in [3.63, 3.8) is 0 Å². The molecule has 0 aromatic carbocycles. The SMILES string of the molecule is CC(C)N1CCCC[C@H]1c1ccc(N2CCCC2)nc1. The summed E-state index contributed by atoms with van der Waals surface area (Å²) in [5.41, 5.74) is 1.40. The number of anilines is 1. The minimum atomic E-state index is 0.573. The Balaban J connectivity index is 1.75. The summed E-state index contributed by atoms with van der Waals surface area (Å²) in [5.74, 6) is 1.16. The predicted molar refractivity (Wildman–Crippen MR) is 84.1 cm³/mol. The molecule has 3 heterocycles. The lowest BCUT2D eigenvalue weighted by Crippen LogP contribution is -2.38. The lowest BCUT2D eigenvalue weighted by atomic mass is 9.95. The van der Waals surface area contributed by atoms with Crippen LogP contribution in [0.15, 0.2) is 18.3 Å². The maximum absolute atomic E-state index is 4.73. The molecule has 2 fully saturated rings. The molecule has 0 aliphatic carbocycles. The van der Waals surface area contributed by atoms with Crippen molar-refractivity contribution in [1.29, 1.82) is 0 Å². The van der Waals surface area contributed by atoms with Crippen LogP contribution in [0.2, 0.25) is 0 Å². The molecule has 0 amide bonds. The molecule has 3 heteroatoms. The molecule has 0 radical (unpaired) electrons. The van der Waals surface area contributed by atoms with Gasteiger partial charge in [-0.05, 0) is 57.7 Å². The van der Waals surface area contributed by atoms with Gasteiger partial charge in [0, 0.05) is 31.4 Å². The first kappa shape index (κ1) is 13.9. The number of rotatable bonds is 3. The third kappa shape index (κ3) is 2.83. The van der Waals surface area contributed by atoms with Crippen LogP contribution >= 0.6 is 0 Å². The molecule has 0 spiro atoms. The zero-order valence-electron chi connectivity index (χ0n) is 12.9. The Morgan fingerprint density at radius 2 is 1.80 bits per heavy atom. The minimum absolute atomic E-state index is 0.573. The number of hydrogen-bond acceptors (Lipinski definition) is 3. The van der Waals surface area contributed by atoms with E-state index in [1.165, 1.54) is 57.3 Å². The lowest BCUT2D eigenvalue weighted by molar-refractivity contribution is 0.112. The molecular formula is C17H27N3. The van der Waals surface area contributed by atoms with Crippen LogP contribution < -0.4 is 4.90 Å². The molecule has 1 atom stereocenters. The molecule has 0 bridgehead atoms. The van der Waals surface area contributed by atoms with Gasteiger partial charge in [0.25, 0.3) is 0 Å². The third-order valence-corrected chi connectivity index (χ3v) is 4.79. The Bertz CT molecular complexity index is 420. The van der Waals surface area contributed by atoms with Gasteiger partial charge in [0.05, 0.1) is 0 Å². The number of piperidine rings is 1. The molecule has 2 saturated heterocycles. The monoisotopic (exact) mass is 273 g/mol. The van der Waals surface area contributed by atoms with Gasteiger partial charge < -0.3 is 4.90 Å². The zero-order chi connectivity index (χ0) is 13.9. The molecule has 1 aromatic heterocycles. The van der Waals surface area contributed by atoms with Gasteiger partial charge in [-0.25, -0.2) is 4.98 Å². The summed E-state index contributed by atoms with van der Waals surface area (Å²) in [5, 5.41) is 0. The van der Waals surface area contributed by atoms with Crippen LogP contribution in [-0.4, -0.2) is 35.6 Å². The standard InChI is InChI=1S/C17H27N3/c1-14(2)20-12-4-3-7-16(20)15-8-9-17(18-13-15)19-10-5-6-11-19/h8-9,13-14,16H,3-7,10-12H2,1-2H3/t16-/m0/s1. The first-order valence-electron chi connectivity index (χ1n) is 8.22. The fourth-order valence-electron chi connectivity index (χ4n) is 3.66. The smallest absolute Gasteiger partial charge is 0.128 e. The molecule has 3 nitrogen and oxygen atoms in total. The second kappa shape index (κ2) is 6.13. The Hall–Kier alpha value is -1.09. The second-order valence-corrected chi connectivity index (χ2v) is 6.49. The number of hydrogen-bond donors (Lipinski definition) is 0. The Kier molecular flexibility index (Phi) is 4.25. The number of pyridine rings is 1. The molecule has 2 aliphatic rings.